The number of rotatable bonds is 5. The fourth-order valence-electron chi connectivity index (χ4n) is 2.68. The monoisotopic (exact) mass is 388 g/mol. The van der Waals surface area contributed by atoms with Gasteiger partial charge in [0.15, 0.2) is 0 Å². The smallest absolute Gasteiger partial charge is 0.314 e. The summed E-state index contributed by atoms with van der Waals surface area (Å²) in [7, 11) is 1.59. The third kappa shape index (κ3) is 3.79. The number of nitrogens with one attached hydrogen (secondary N) is 2. The number of aromatic amines is 2. The molecule has 0 radical (unpaired) electrons. The minimum Gasteiger partial charge on any atom is -0.378 e. The van der Waals surface area contributed by atoms with Crippen molar-refractivity contribution in [3.8, 4) is 0 Å². The molecule has 0 unspecified atom stereocenters. The van der Waals surface area contributed by atoms with E-state index in [-0.39, 0.29) is 17.0 Å². The first-order chi connectivity index (χ1) is 12.7. The Labute approximate surface area is 156 Å². The van der Waals surface area contributed by atoms with Crippen LogP contribution in [0.3, 0.4) is 0 Å². The van der Waals surface area contributed by atoms with Crippen molar-refractivity contribution in [2.24, 2.45) is 0 Å². The molecule has 2 N–H and O–H groups in total. The molecule has 3 rings (SSSR count). The molecule has 27 heavy (non-hydrogen) atoms. The lowest BCUT2D eigenvalue weighted by molar-refractivity contribution is 0.467. The third-order valence-electron chi connectivity index (χ3n) is 4.26. The Morgan fingerprint density at radius 2 is 1.44 bits per heavy atom. The summed E-state index contributed by atoms with van der Waals surface area (Å²) in [6, 6.07) is 11.8. The molecule has 0 aliphatic carbocycles. The number of nitrogens with zero attached hydrogens (tertiary/aromatic N) is 2. The second-order valence-corrected chi connectivity index (χ2v) is 8.48. The number of aromatic nitrogens is 2. The summed E-state index contributed by atoms with van der Waals surface area (Å²) in [6.45, 7) is 0.205. The van der Waals surface area contributed by atoms with E-state index in [0.29, 0.717) is 5.52 Å². The SMILES string of the molecule is CN(C)c1ccc(CN(C)S(=O)(=O)c2ccc3[nH]c(=O)c(=O)[nH]c3c2)cc1. The predicted octanol–water partition coefficient (Wildman–Crippen LogP) is 1.10. The van der Waals surface area contributed by atoms with Crippen molar-refractivity contribution >= 4 is 26.7 Å². The maximum atomic E-state index is 12.9. The molecule has 0 aliphatic rings. The van der Waals surface area contributed by atoms with Crippen molar-refractivity contribution in [1.82, 2.24) is 14.3 Å². The first kappa shape index (κ1) is 18.9. The van der Waals surface area contributed by atoms with Crippen LogP contribution in [0.15, 0.2) is 56.9 Å². The lowest BCUT2D eigenvalue weighted by Crippen LogP contribution is -2.29. The fraction of sp³-hybridized carbons (Fsp3) is 0.222. The average molecular weight is 388 g/mol. The standard InChI is InChI=1S/C18H20N4O4S/c1-21(2)13-6-4-12(5-7-13)11-22(3)27(25,26)14-8-9-15-16(10-14)20-18(24)17(23)19-15/h4-10H,11H2,1-3H3,(H,19,23)(H,20,24). The molecule has 0 amide bonds. The third-order valence-corrected chi connectivity index (χ3v) is 6.06. The molecule has 2 aromatic carbocycles. The van der Waals surface area contributed by atoms with Crippen LogP contribution < -0.4 is 16.0 Å². The highest BCUT2D eigenvalue weighted by atomic mass is 32.2. The fourth-order valence-corrected chi connectivity index (χ4v) is 3.86. The molecule has 0 atom stereocenters. The van der Waals surface area contributed by atoms with Gasteiger partial charge in [0, 0.05) is 33.4 Å². The first-order valence-corrected chi connectivity index (χ1v) is 9.61. The Hall–Kier alpha value is -2.91. The maximum Gasteiger partial charge on any atom is 0.314 e. The zero-order valence-corrected chi connectivity index (χ0v) is 16.0. The summed E-state index contributed by atoms with van der Waals surface area (Å²) in [6.07, 6.45) is 0. The lowest BCUT2D eigenvalue weighted by Gasteiger charge is -2.18. The van der Waals surface area contributed by atoms with Crippen molar-refractivity contribution in [2.45, 2.75) is 11.4 Å². The molecule has 0 saturated carbocycles. The summed E-state index contributed by atoms with van der Waals surface area (Å²) < 4.78 is 27.0. The molecule has 1 heterocycles. The van der Waals surface area contributed by atoms with Crippen molar-refractivity contribution in [2.75, 3.05) is 26.0 Å². The topological polar surface area (TPSA) is 106 Å². The van der Waals surface area contributed by atoms with Crippen LogP contribution in [0, 0.1) is 0 Å². The molecular weight excluding hydrogens is 368 g/mol. The Morgan fingerprint density at radius 3 is 2.04 bits per heavy atom. The molecule has 9 heteroatoms. The van der Waals surface area contributed by atoms with Gasteiger partial charge in [-0.05, 0) is 35.9 Å². The van der Waals surface area contributed by atoms with E-state index in [2.05, 4.69) is 9.97 Å². The van der Waals surface area contributed by atoms with Gasteiger partial charge in [-0.3, -0.25) is 9.59 Å². The van der Waals surface area contributed by atoms with Crippen LogP contribution in [0.1, 0.15) is 5.56 Å². The highest BCUT2D eigenvalue weighted by molar-refractivity contribution is 7.89. The number of benzene rings is 2. The van der Waals surface area contributed by atoms with Gasteiger partial charge in [-0.1, -0.05) is 12.1 Å². The van der Waals surface area contributed by atoms with Gasteiger partial charge < -0.3 is 14.9 Å². The van der Waals surface area contributed by atoms with E-state index in [1.807, 2.05) is 43.3 Å². The van der Waals surface area contributed by atoms with Crippen molar-refractivity contribution in [1.29, 1.82) is 0 Å². The zero-order valence-electron chi connectivity index (χ0n) is 15.2. The van der Waals surface area contributed by atoms with Crippen molar-refractivity contribution in [3.63, 3.8) is 0 Å². The van der Waals surface area contributed by atoms with Gasteiger partial charge >= 0.3 is 11.1 Å². The second-order valence-electron chi connectivity index (χ2n) is 6.44. The molecule has 0 saturated heterocycles. The molecule has 0 spiro atoms. The summed E-state index contributed by atoms with van der Waals surface area (Å²) in [5, 5.41) is 0. The van der Waals surface area contributed by atoms with Gasteiger partial charge in [0.2, 0.25) is 10.0 Å². The van der Waals surface area contributed by atoms with Crippen molar-refractivity contribution < 1.29 is 8.42 Å². The Kier molecular flexibility index (Phi) is 4.90. The van der Waals surface area contributed by atoms with Crippen LogP contribution in [0.4, 0.5) is 5.69 Å². The van der Waals surface area contributed by atoms with Crippen LogP contribution in [0.25, 0.3) is 11.0 Å². The van der Waals surface area contributed by atoms with E-state index in [1.165, 1.54) is 29.6 Å². The Bertz CT molecular complexity index is 1190. The van der Waals surface area contributed by atoms with E-state index in [9.17, 15) is 18.0 Å². The number of anilines is 1. The predicted molar refractivity (Wildman–Crippen MR) is 105 cm³/mol. The molecule has 0 fully saturated rings. The van der Waals surface area contributed by atoms with Crippen LogP contribution in [-0.4, -0.2) is 43.8 Å². The lowest BCUT2D eigenvalue weighted by atomic mass is 10.2. The van der Waals surface area contributed by atoms with Crippen LogP contribution >= 0.6 is 0 Å². The van der Waals surface area contributed by atoms with E-state index in [0.717, 1.165) is 11.3 Å². The maximum absolute atomic E-state index is 12.9. The molecule has 3 aromatic rings. The average Bonchev–Trinajstić information content (AvgIpc) is 2.62. The van der Waals surface area contributed by atoms with Gasteiger partial charge in [-0.25, -0.2) is 8.42 Å². The zero-order chi connectivity index (χ0) is 19.8. The molecule has 1 aromatic heterocycles. The molecule has 8 nitrogen and oxygen atoms in total. The van der Waals surface area contributed by atoms with Crippen LogP contribution in [0.5, 0.6) is 0 Å². The van der Waals surface area contributed by atoms with Gasteiger partial charge in [-0.2, -0.15) is 4.31 Å². The van der Waals surface area contributed by atoms with Gasteiger partial charge in [0.25, 0.3) is 0 Å². The number of sulfonamides is 1. The van der Waals surface area contributed by atoms with E-state index in [4.69, 9.17) is 0 Å². The highest BCUT2D eigenvalue weighted by Gasteiger charge is 2.21. The van der Waals surface area contributed by atoms with Crippen LogP contribution in [-0.2, 0) is 16.6 Å². The molecule has 0 aliphatic heterocycles. The summed E-state index contributed by atoms with van der Waals surface area (Å²) in [4.78, 5) is 29.6. The number of hydrogen-bond acceptors (Lipinski definition) is 5. The molecule has 0 bridgehead atoms. The van der Waals surface area contributed by atoms with E-state index in [1.54, 1.807) is 0 Å². The second kappa shape index (κ2) is 7.01. The largest absolute Gasteiger partial charge is 0.378 e. The minimum atomic E-state index is -3.77. The summed E-state index contributed by atoms with van der Waals surface area (Å²) in [5.41, 5.74) is 0.884. The van der Waals surface area contributed by atoms with Gasteiger partial charge in [-0.15, -0.1) is 0 Å². The quantitative estimate of drug-likeness (QED) is 0.637. The van der Waals surface area contributed by atoms with Gasteiger partial charge in [0.1, 0.15) is 0 Å². The van der Waals surface area contributed by atoms with E-state index < -0.39 is 21.1 Å². The number of fused-ring (bicyclic) bond motifs is 1. The Morgan fingerprint density at radius 1 is 0.852 bits per heavy atom. The number of H-pyrrole nitrogens is 2. The van der Waals surface area contributed by atoms with Crippen molar-refractivity contribution in [3.05, 3.63) is 68.7 Å². The minimum absolute atomic E-state index is 0.0325. The molecular formula is C18H20N4O4S. The first-order valence-electron chi connectivity index (χ1n) is 8.17. The summed E-state index contributed by atoms with van der Waals surface area (Å²) >= 11 is 0. The molecule has 142 valence electrons. The van der Waals surface area contributed by atoms with Crippen LogP contribution in [0.2, 0.25) is 0 Å². The Balaban J connectivity index is 1.90. The number of hydrogen-bond donors (Lipinski definition) is 2. The van der Waals surface area contributed by atoms with E-state index >= 15 is 0 Å². The summed E-state index contributed by atoms with van der Waals surface area (Å²) in [5.74, 6) is 0. The highest BCUT2D eigenvalue weighted by Crippen LogP contribution is 2.20. The normalized spacial score (nSPS) is 11.9. The van der Waals surface area contributed by atoms with Gasteiger partial charge in [0.05, 0.1) is 15.9 Å².